The molecule has 0 bridgehead atoms. The zero-order valence-corrected chi connectivity index (χ0v) is 9.52. The average molecular weight is 228 g/mol. The lowest BCUT2D eigenvalue weighted by Crippen LogP contribution is -2.02. The number of hydrogen-bond acceptors (Lipinski definition) is 2. The van der Waals surface area contributed by atoms with Gasteiger partial charge < -0.3 is 0 Å². The van der Waals surface area contributed by atoms with E-state index in [1.165, 1.54) is 6.07 Å². The van der Waals surface area contributed by atoms with Crippen molar-refractivity contribution in [2.75, 3.05) is 5.43 Å². The SMILES string of the molecule is C/C(=N\Nc1ccccc1)c1ccccc1F. The molecule has 0 spiro atoms. The summed E-state index contributed by atoms with van der Waals surface area (Å²) in [7, 11) is 0. The molecule has 2 aromatic carbocycles. The van der Waals surface area contributed by atoms with Crippen molar-refractivity contribution in [3.63, 3.8) is 0 Å². The summed E-state index contributed by atoms with van der Waals surface area (Å²) < 4.78 is 13.5. The Morgan fingerprint density at radius 3 is 2.35 bits per heavy atom. The van der Waals surface area contributed by atoms with Crippen LogP contribution >= 0.6 is 0 Å². The van der Waals surface area contributed by atoms with Crippen LogP contribution in [0.1, 0.15) is 12.5 Å². The largest absolute Gasteiger partial charge is 0.278 e. The Labute approximate surface area is 99.8 Å². The topological polar surface area (TPSA) is 24.4 Å². The van der Waals surface area contributed by atoms with Gasteiger partial charge in [-0.3, -0.25) is 5.43 Å². The highest BCUT2D eigenvalue weighted by Gasteiger charge is 2.03. The zero-order chi connectivity index (χ0) is 12.1. The van der Waals surface area contributed by atoms with Gasteiger partial charge in [0.25, 0.3) is 0 Å². The Morgan fingerprint density at radius 1 is 1.00 bits per heavy atom. The van der Waals surface area contributed by atoms with E-state index in [9.17, 15) is 4.39 Å². The van der Waals surface area contributed by atoms with E-state index in [1.54, 1.807) is 25.1 Å². The fraction of sp³-hybridized carbons (Fsp3) is 0.0714. The van der Waals surface area contributed by atoms with Gasteiger partial charge in [-0.2, -0.15) is 5.10 Å². The predicted octanol–water partition coefficient (Wildman–Crippen LogP) is 3.66. The highest BCUT2D eigenvalue weighted by molar-refractivity contribution is 5.99. The molecule has 0 amide bonds. The van der Waals surface area contributed by atoms with Gasteiger partial charge in [-0.1, -0.05) is 36.4 Å². The number of nitrogens with zero attached hydrogens (tertiary/aromatic N) is 1. The minimum atomic E-state index is -0.261. The summed E-state index contributed by atoms with van der Waals surface area (Å²) in [5.41, 5.74) is 4.90. The number of nitrogens with one attached hydrogen (secondary N) is 1. The highest BCUT2D eigenvalue weighted by Crippen LogP contribution is 2.09. The molecule has 3 heteroatoms. The third-order valence-corrected chi connectivity index (χ3v) is 2.39. The summed E-state index contributed by atoms with van der Waals surface area (Å²) in [4.78, 5) is 0. The number of para-hydroxylation sites is 1. The van der Waals surface area contributed by atoms with Crippen molar-refractivity contribution in [2.24, 2.45) is 5.10 Å². The summed E-state index contributed by atoms with van der Waals surface area (Å²) >= 11 is 0. The van der Waals surface area contributed by atoms with Gasteiger partial charge in [0.05, 0.1) is 11.4 Å². The van der Waals surface area contributed by atoms with Crippen molar-refractivity contribution < 1.29 is 4.39 Å². The Balaban J connectivity index is 2.16. The van der Waals surface area contributed by atoms with Gasteiger partial charge in [0, 0.05) is 5.56 Å². The molecule has 0 aromatic heterocycles. The van der Waals surface area contributed by atoms with E-state index in [2.05, 4.69) is 10.5 Å². The molecule has 0 heterocycles. The van der Waals surface area contributed by atoms with Gasteiger partial charge in [0.1, 0.15) is 5.82 Å². The fourth-order valence-corrected chi connectivity index (χ4v) is 1.48. The second kappa shape index (κ2) is 5.25. The first-order valence-corrected chi connectivity index (χ1v) is 5.37. The molecule has 0 aliphatic carbocycles. The van der Waals surface area contributed by atoms with Crippen molar-refractivity contribution in [3.8, 4) is 0 Å². The second-order valence-electron chi connectivity index (χ2n) is 3.65. The van der Waals surface area contributed by atoms with Crippen molar-refractivity contribution >= 4 is 11.4 Å². The van der Waals surface area contributed by atoms with Gasteiger partial charge in [-0.25, -0.2) is 4.39 Å². The molecule has 0 radical (unpaired) electrons. The maximum Gasteiger partial charge on any atom is 0.132 e. The van der Waals surface area contributed by atoms with Crippen molar-refractivity contribution in [1.82, 2.24) is 0 Å². The summed E-state index contributed by atoms with van der Waals surface area (Å²) in [6.45, 7) is 1.77. The van der Waals surface area contributed by atoms with Crippen LogP contribution in [-0.2, 0) is 0 Å². The molecule has 0 saturated heterocycles. The normalized spacial score (nSPS) is 11.3. The summed E-state index contributed by atoms with van der Waals surface area (Å²) in [5, 5.41) is 4.15. The first-order valence-electron chi connectivity index (χ1n) is 5.37. The van der Waals surface area contributed by atoms with Crippen molar-refractivity contribution in [2.45, 2.75) is 6.92 Å². The molecule has 0 atom stereocenters. The highest BCUT2D eigenvalue weighted by atomic mass is 19.1. The van der Waals surface area contributed by atoms with Gasteiger partial charge in [0.15, 0.2) is 0 Å². The minimum Gasteiger partial charge on any atom is -0.278 e. The van der Waals surface area contributed by atoms with Crippen LogP contribution in [0.4, 0.5) is 10.1 Å². The number of halogens is 1. The van der Waals surface area contributed by atoms with Crippen LogP contribution in [0.5, 0.6) is 0 Å². The summed E-state index contributed by atoms with van der Waals surface area (Å²) in [5.74, 6) is -0.261. The van der Waals surface area contributed by atoms with E-state index in [1.807, 2.05) is 30.3 Å². The molecular formula is C14H13FN2. The zero-order valence-electron chi connectivity index (χ0n) is 9.52. The van der Waals surface area contributed by atoms with E-state index in [-0.39, 0.29) is 5.82 Å². The number of hydrazone groups is 1. The third-order valence-electron chi connectivity index (χ3n) is 2.39. The lowest BCUT2D eigenvalue weighted by atomic mass is 10.1. The van der Waals surface area contributed by atoms with E-state index < -0.39 is 0 Å². The maximum atomic E-state index is 13.5. The number of benzene rings is 2. The molecule has 2 aromatic rings. The van der Waals surface area contributed by atoms with Gasteiger partial charge in [0.2, 0.25) is 0 Å². The molecule has 0 unspecified atom stereocenters. The van der Waals surface area contributed by atoms with E-state index >= 15 is 0 Å². The predicted molar refractivity (Wildman–Crippen MR) is 68.7 cm³/mol. The van der Waals surface area contributed by atoms with Crippen LogP contribution in [0.25, 0.3) is 0 Å². The molecule has 17 heavy (non-hydrogen) atoms. The molecule has 0 aliphatic rings. The molecule has 2 nitrogen and oxygen atoms in total. The molecule has 0 aliphatic heterocycles. The molecule has 0 saturated carbocycles. The second-order valence-corrected chi connectivity index (χ2v) is 3.65. The number of anilines is 1. The van der Waals surface area contributed by atoms with E-state index in [0.717, 1.165) is 5.69 Å². The Bertz CT molecular complexity index is 521. The molecule has 0 fully saturated rings. The Morgan fingerprint density at radius 2 is 1.65 bits per heavy atom. The first kappa shape index (κ1) is 11.3. The quantitative estimate of drug-likeness (QED) is 0.629. The Kier molecular flexibility index (Phi) is 3.50. The maximum absolute atomic E-state index is 13.5. The van der Waals surface area contributed by atoms with Crippen LogP contribution in [0.3, 0.4) is 0 Å². The molecule has 86 valence electrons. The van der Waals surface area contributed by atoms with E-state index in [0.29, 0.717) is 11.3 Å². The van der Waals surface area contributed by atoms with E-state index in [4.69, 9.17) is 0 Å². The summed E-state index contributed by atoms with van der Waals surface area (Å²) in [6, 6.07) is 16.1. The van der Waals surface area contributed by atoms with Gasteiger partial charge in [-0.05, 0) is 25.1 Å². The molecule has 2 rings (SSSR count). The molecule has 1 N–H and O–H groups in total. The average Bonchev–Trinajstić information content (AvgIpc) is 2.38. The Hall–Kier alpha value is -2.16. The van der Waals surface area contributed by atoms with Crippen LogP contribution in [-0.4, -0.2) is 5.71 Å². The van der Waals surface area contributed by atoms with Gasteiger partial charge in [-0.15, -0.1) is 0 Å². The first-order chi connectivity index (χ1) is 8.27. The summed E-state index contributed by atoms with van der Waals surface area (Å²) in [6.07, 6.45) is 0. The number of rotatable bonds is 3. The third kappa shape index (κ3) is 2.91. The monoisotopic (exact) mass is 228 g/mol. The number of hydrogen-bond donors (Lipinski definition) is 1. The fourth-order valence-electron chi connectivity index (χ4n) is 1.48. The van der Waals surface area contributed by atoms with Crippen molar-refractivity contribution in [1.29, 1.82) is 0 Å². The lowest BCUT2D eigenvalue weighted by Gasteiger charge is -2.04. The van der Waals surface area contributed by atoms with Crippen LogP contribution in [0.15, 0.2) is 59.7 Å². The van der Waals surface area contributed by atoms with Crippen molar-refractivity contribution in [3.05, 3.63) is 66.0 Å². The lowest BCUT2D eigenvalue weighted by molar-refractivity contribution is 0.625. The van der Waals surface area contributed by atoms with Gasteiger partial charge >= 0.3 is 0 Å². The minimum absolute atomic E-state index is 0.261. The standard InChI is InChI=1S/C14H13FN2/c1-11(13-9-5-6-10-14(13)15)16-17-12-7-3-2-4-8-12/h2-10,17H,1H3/b16-11+. The molecular weight excluding hydrogens is 215 g/mol. The van der Waals surface area contributed by atoms with Crippen LogP contribution in [0.2, 0.25) is 0 Å². The van der Waals surface area contributed by atoms with Crippen LogP contribution < -0.4 is 5.43 Å². The van der Waals surface area contributed by atoms with Crippen LogP contribution in [0, 0.1) is 5.82 Å². The smallest absolute Gasteiger partial charge is 0.132 e.